The lowest BCUT2D eigenvalue weighted by Gasteiger charge is -2.10. The summed E-state index contributed by atoms with van der Waals surface area (Å²) in [7, 11) is 0. The molecule has 0 aliphatic heterocycles. The molecule has 128 valence electrons. The van der Waals surface area contributed by atoms with E-state index in [1.807, 2.05) is 38.1 Å². The number of carbonyl (C=O) groups excluding carboxylic acids is 1. The van der Waals surface area contributed by atoms with Gasteiger partial charge in [0.05, 0.1) is 6.54 Å². The van der Waals surface area contributed by atoms with Crippen LogP contribution in [-0.4, -0.2) is 14.9 Å². The summed E-state index contributed by atoms with van der Waals surface area (Å²) >= 11 is 0. The number of carbonyl (C=O) groups is 1. The number of ketones is 1. The number of benzene rings is 1. The van der Waals surface area contributed by atoms with Crippen molar-refractivity contribution in [1.29, 1.82) is 0 Å². The molecule has 0 radical (unpaired) electrons. The highest BCUT2D eigenvalue weighted by Crippen LogP contribution is 2.18. The third-order valence-corrected chi connectivity index (χ3v) is 4.58. The van der Waals surface area contributed by atoms with Gasteiger partial charge in [0, 0.05) is 35.3 Å². The molecule has 4 heteroatoms. The fourth-order valence-electron chi connectivity index (χ4n) is 3.11. The number of hydrogen-bond acceptors (Lipinski definition) is 2. The van der Waals surface area contributed by atoms with Crippen molar-refractivity contribution in [2.45, 2.75) is 33.9 Å². The summed E-state index contributed by atoms with van der Waals surface area (Å²) in [5, 5.41) is 0. The van der Waals surface area contributed by atoms with E-state index in [0.29, 0.717) is 11.1 Å². The Labute approximate surface area is 147 Å². The van der Waals surface area contributed by atoms with Gasteiger partial charge in [0.1, 0.15) is 0 Å². The Balaban J connectivity index is 1.88. The number of aryl methyl sites for hydroxylation is 2. The van der Waals surface area contributed by atoms with Crippen molar-refractivity contribution >= 4 is 5.78 Å². The third-order valence-electron chi connectivity index (χ3n) is 4.58. The van der Waals surface area contributed by atoms with Gasteiger partial charge >= 0.3 is 0 Å². The van der Waals surface area contributed by atoms with Gasteiger partial charge in [-0.2, -0.15) is 0 Å². The van der Waals surface area contributed by atoms with Crippen molar-refractivity contribution in [2.75, 3.05) is 0 Å². The molecule has 2 heterocycles. The van der Waals surface area contributed by atoms with Crippen LogP contribution in [0.4, 0.5) is 0 Å². The SMILES string of the molecule is Cc1cccn(CC(=O)c2cc(C)n(Cc3ccccc3)c2C)c1=O. The number of aromatic nitrogens is 2. The standard InChI is InChI=1S/C21H22N2O2/c1-15-8-7-11-22(21(15)25)14-20(24)19-12-16(2)23(17(19)3)13-18-9-5-4-6-10-18/h4-12H,13-14H2,1-3H3. The molecule has 0 aliphatic rings. The zero-order valence-corrected chi connectivity index (χ0v) is 14.8. The molecule has 3 aromatic rings. The average Bonchev–Trinajstić information content (AvgIpc) is 2.88. The summed E-state index contributed by atoms with van der Waals surface area (Å²) in [5.41, 5.74) is 4.38. The van der Waals surface area contributed by atoms with E-state index in [9.17, 15) is 9.59 Å². The van der Waals surface area contributed by atoms with Crippen molar-refractivity contribution < 1.29 is 4.79 Å². The lowest BCUT2D eigenvalue weighted by atomic mass is 10.1. The molecule has 0 saturated heterocycles. The van der Waals surface area contributed by atoms with Crippen LogP contribution in [0.2, 0.25) is 0 Å². The fourth-order valence-corrected chi connectivity index (χ4v) is 3.11. The summed E-state index contributed by atoms with van der Waals surface area (Å²) < 4.78 is 3.61. The van der Waals surface area contributed by atoms with Crippen LogP contribution in [0.3, 0.4) is 0 Å². The van der Waals surface area contributed by atoms with E-state index in [0.717, 1.165) is 17.9 Å². The number of Topliss-reactive ketones (excluding diaryl/α,β-unsaturated/α-hetero) is 1. The minimum atomic E-state index is -0.117. The van der Waals surface area contributed by atoms with E-state index < -0.39 is 0 Å². The lowest BCUT2D eigenvalue weighted by Crippen LogP contribution is -2.25. The molecule has 2 aromatic heterocycles. The Hall–Kier alpha value is -2.88. The van der Waals surface area contributed by atoms with Crippen LogP contribution in [0.5, 0.6) is 0 Å². The van der Waals surface area contributed by atoms with E-state index >= 15 is 0 Å². The second kappa shape index (κ2) is 6.93. The molecule has 0 atom stereocenters. The minimum Gasteiger partial charge on any atom is -0.344 e. The first-order valence-electron chi connectivity index (χ1n) is 8.37. The highest BCUT2D eigenvalue weighted by Gasteiger charge is 2.16. The van der Waals surface area contributed by atoms with Gasteiger partial charge < -0.3 is 9.13 Å². The van der Waals surface area contributed by atoms with Crippen molar-refractivity contribution in [3.05, 3.63) is 93.2 Å². The van der Waals surface area contributed by atoms with Gasteiger partial charge in [-0.3, -0.25) is 9.59 Å². The summed E-state index contributed by atoms with van der Waals surface area (Å²) in [5.74, 6) is -0.0416. The highest BCUT2D eigenvalue weighted by molar-refractivity contribution is 5.97. The largest absolute Gasteiger partial charge is 0.344 e. The fraction of sp³-hybridized carbons (Fsp3) is 0.238. The van der Waals surface area contributed by atoms with Gasteiger partial charge in [-0.1, -0.05) is 36.4 Å². The first kappa shape index (κ1) is 17.0. The van der Waals surface area contributed by atoms with Crippen LogP contribution in [0.25, 0.3) is 0 Å². The predicted octanol–water partition coefficient (Wildman–Crippen LogP) is 3.51. The molecule has 0 saturated carbocycles. The van der Waals surface area contributed by atoms with E-state index in [2.05, 4.69) is 16.7 Å². The molecular formula is C21H22N2O2. The molecule has 0 N–H and O–H groups in total. The Morgan fingerprint density at radius 3 is 2.44 bits per heavy atom. The molecule has 3 rings (SSSR count). The van der Waals surface area contributed by atoms with Crippen molar-refractivity contribution in [1.82, 2.24) is 9.13 Å². The highest BCUT2D eigenvalue weighted by atomic mass is 16.1. The Kier molecular flexibility index (Phi) is 4.70. The van der Waals surface area contributed by atoms with Gasteiger partial charge in [0.15, 0.2) is 5.78 Å². The van der Waals surface area contributed by atoms with E-state index in [-0.39, 0.29) is 17.9 Å². The van der Waals surface area contributed by atoms with Gasteiger partial charge in [0.2, 0.25) is 0 Å². The number of rotatable bonds is 5. The summed E-state index contributed by atoms with van der Waals surface area (Å²) in [6.07, 6.45) is 1.66. The topological polar surface area (TPSA) is 44.0 Å². The van der Waals surface area contributed by atoms with Crippen molar-refractivity contribution in [3.63, 3.8) is 0 Å². The maximum absolute atomic E-state index is 12.7. The van der Waals surface area contributed by atoms with Crippen LogP contribution < -0.4 is 5.56 Å². The van der Waals surface area contributed by atoms with Gasteiger partial charge in [-0.05, 0) is 38.5 Å². The van der Waals surface area contributed by atoms with Crippen LogP contribution in [-0.2, 0) is 13.1 Å². The molecule has 0 amide bonds. The van der Waals surface area contributed by atoms with Gasteiger partial charge in [0.25, 0.3) is 5.56 Å². The second-order valence-corrected chi connectivity index (χ2v) is 6.40. The third kappa shape index (κ3) is 3.48. The predicted molar refractivity (Wildman–Crippen MR) is 99.2 cm³/mol. The van der Waals surface area contributed by atoms with Crippen LogP contribution >= 0.6 is 0 Å². The molecule has 0 unspecified atom stereocenters. The molecule has 1 aromatic carbocycles. The van der Waals surface area contributed by atoms with Crippen LogP contribution in [0.15, 0.2) is 59.5 Å². The molecular weight excluding hydrogens is 312 g/mol. The number of nitrogens with zero attached hydrogens (tertiary/aromatic N) is 2. The van der Waals surface area contributed by atoms with E-state index in [1.165, 1.54) is 10.1 Å². The number of hydrogen-bond donors (Lipinski definition) is 0. The minimum absolute atomic E-state index is 0.0416. The van der Waals surface area contributed by atoms with Crippen LogP contribution in [0.1, 0.15) is 32.9 Å². The quantitative estimate of drug-likeness (QED) is 0.670. The molecule has 0 fully saturated rings. The normalized spacial score (nSPS) is 10.8. The first-order chi connectivity index (χ1) is 12.0. The first-order valence-corrected chi connectivity index (χ1v) is 8.37. The summed E-state index contributed by atoms with van der Waals surface area (Å²) in [6, 6.07) is 15.6. The van der Waals surface area contributed by atoms with Gasteiger partial charge in [-0.15, -0.1) is 0 Å². The number of pyridine rings is 1. The second-order valence-electron chi connectivity index (χ2n) is 6.40. The molecule has 0 spiro atoms. The molecule has 25 heavy (non-hydrogen) atoms. The Morgan fingerprint density at radius 2 is 1.72 bits per heavy atom. The average molecular weight is 334 g/mol. The Morgan fingerprint density at radius 1 is 1.00 bits per heavy atom. The van der Waals surface area contributed by atoms with E-state index in [4.69, 9.17) is 0 Å². The van der Waals surface area contributed by atoms with Crippen molar-refractivity contribution in [3.8, 4) is 0 Å². The van der Waals surface area contributed by atoms with Crippen molar-refractivity contribution in [2.24, 2.45) is 0 Å². The molecule has 0 bridgehead atoms. The summed E-state index contributed by atoms with van der Waals surface area (Å²) in [4.78, 5) is 24.9. The maximum atomic E-state index is 12.7. The monoisotopic (exact) mass is 334 g/mol. The zero-order chi connectivity index (χ0) is 18.0. The van der Waals surface area contributed by atoms with Gasteiger partial charge in [-0.25, -0.2) is 0 Å². The van der Waals surface area contributed by atoms with Crippen LogP contribution in [0, 0.1) is 20.8 Å². The Bertz CT molecular complexity index is 965. The van der Waals surface area contributed by atoms with E-state index in [1.54, 1.807) is 25.3 Å². The zero-order valence-electron chi connectivity index (χ0n) is 14.8. The summed E-state index contributed by atoms with van der Waals surface area (Å²) in [6.45, 7) is 6.52. The molecule has 0 aliphatic carbocycles. The maximum Gasteiger partial charge on any atom is 0.253 e. The smallest absolute Gasteiger partial charge is 0.253 e. The molecule has 4 nitrogen and oxygen atoms in total. The lowest BCUT2D eigenvalue weighted by molar-refractivity contribution is 0.0970.